The second-order valence-corrected chi connectivity index (χ2v) is 9.28. The summed E-state index contributed by atoms with van der Waals surface area (Å²) in [6, 6.07) is 15.6. The summed E-state index contributed by atoms with van der Waals surface area (Å²) in [4.78, 5) is 16.0. The highest BCUT2D eigenvalue weighted by molar-refractivity contribution is 7.92. The number of rotatable bonds is 5. The average Bonchev–Trinajstić information content (AvgIpc) is 3.05. The molecule has 0 aliphatic rings. The van der Waals surface area contributed by atoms with Crippen molar-refractivity contribution in [2.45, 2.75) is 13.8 Å². The Morgan fingerprint density at radius 2 is 1.70 bits per heavy atom. The Hall–Kier alpha value is -3.10. The van der Waals surface area contributed by atoms with Gasteiger partial charge in [0.25, 0.3) is 5.56 Å². The van der Waals surface area contributed by atoms with Gasteiger partial charge in [0.2, 0.25) is 10.0 Å². The van der Waals surface area contributed by atoms with E-state index in [4.69, 9.17) is 11.6 Å². The topological polar surface area (TPSA) is 96.3 Å². The zero-order chi connectivity index (χ0) is 21.5. The van der Waals surface area contributed by atoms with E-state index in [2.05, 4.69) is 14.8 Å². The quantitative estimate of drug-likeness (QED) is 0.486. The zero-order valence-corrected chi connectivity index (χ0v) is 17.9. The second kappa shape index (κ2) is 7.62. The Kier molecular flexibility index (Phi) is 5.13. The van der Waals surface area contributed by atoms with Gasteiger partial charge in [-0.1, -0.05) is 35.9 Å². The third-order valence-electron chi connectivity index (χ3n) is 4.77. The van der Waals surface area contributed by atoms with Gasteiger partial charge < -0.3 is 4.98 Å². The van der Waals surface area contributed by atoms with Gasteiger partial charge in [-0.2, -0.15) is 9.61 Å². The van der Waals surface area contributed by atoms with E-state index in [1.807, 2.05) is 19.1 Å². The van der Waals surface area contributed by atoms with Crippen molar-refractivity contribution >= 4 is 33.0 Å². The van der Waals surface area contributed by atoms with Gasteiger partial charge in [-0.3, -0.25) is 9.52 Å². The number of H-pyrrole nitrogens is 1. The number of nitrogens with zero attached hydrogens (tertiary/aromatic N) is 2. The molecule has 0 radical (unpaired) electrons. The molecule has 0 amide bonds. The van der Waals surface area contributed by atoms with E-state index in [1.165, 1.54) is 10.6 Å². The third kappa shape index (κ3) is 3.83. The SMILES string of the molecule is CCS(=O)(=O)Nc1ccc(-c2cc(=O)n3nc(C)c(-c4ccc(Cl)cc4)c3[nH]2)cc1. The highest BCUT2D eigenvalue weighted by atomic mass is 35.5. The lowest BCUT2D eigenvalue weighted by atomic mass is 10.1. The molecule has 0 spiro atoms. The summed E-state index contributed by atoms with van der Waals surface area (Å²) in [5.74, 6) is -0.00717. The van der Waals surface area contributed by atoms with Crippen LogP contribution in [0.1, 0.15) is 12.6 Å². The fourth-order valence-electron chi connectivity index (χ4n) is 3.24. The summed E-state index contributed by atoms with van der Waals surface area (Å²) in [5, 5.41) is 5.00. The molecule has 0 bridgehead atoms. The first-order valence-corrected chi connectivity index (χ1v) is 11.3. The molecule has 7 nitrogen and oxygen atoms in total. The maximum atomic E-state index is 12.7. The summed E-state index contributed by atoms with van der Waals surface area (Å²) in [6.07, 6.45) is 0. The summed E-state index contributed by atoms with van der Waals surface area (Å²) in [7, 11) is -3.35. The van der Waals surface area contributed by atoms with Crippen LogP contribution in [-0.2, 0) is 10.0 Å². The highest BCUT2D eigenvalue weighted by Gasteiger charge is 2.15. The molecule has 2 N–H and O–H groups in total. The lowest BCUT2D eigenvalue weighted by Gasteiger charge is -2.08. The first-order chi connectivity index (χ1) is 14.3. The number of sulfonamides is 1. The normalized spacial score (nSPS) is 11.7. The largest absolute Gasteiger partial charge is 0.339 e. The van der Waals surface area contributed by atoms with Gasteiger partial charge in [-0.15, -0.1) is 0 Å². The van der Waals surface area contributed by atoms with E-state index in [9.17, 15) is 13.2 Å². The van der Waals surface area contributed by atoms with Crippen molar-refractivity contribution in [1.82, 2.24) is 14.6 Å². The van der Waals surface area contributed by atoms with Crippen LogP contribution in [0.25, 0.3) is 28.0 Å². The van der Waals surface area contributed by atoms with Crippen LogP contribution in [0.15, 0.2) is 59.4 Å². The number of nitrogens with one attached hydrogen (secondary N) is 2. The molecule has 2 aromatic carbocycles. The van der Waals surface area contributed by atoms with Crippen LogP contribution in [0.5, 0.6) is 0 Å². The Bertz CT molecular complexity index is 1390. The Morgan fingerprint density at radius 3 is 2.33 bits per heavy atom. The lowest BCUT2D eigenvalue weighted by molar-refractivity contribution is 0.602. The summed E-state index contributed by atoms with van der Waals surface area (Å²) in [6.45, 7) is 3.42. The number of halogens is 1. The van der Waals surface area contributed by atoms with Crippen LogP contribution < -0.4 is 10.3 Å². The molecule has 0 saturated carbocycles. The molecular weight excluding hydrogens is 424 g/mol. The number of anilines is 1. The van der Waals surface area contributed by atoms with Gasteiger partial charge in [-0.05, 0) is 49.2 Å². The summed E-state index contributed by atoms with van der Waals surface area (Å²) < 4.78 is 27.3. The van der Waals surface area contributed by atoms with Crippen molar-refractivity contribution < 1.29 is 8.42 Å². The third-order valence-corrected chi connectivity index (χ3v) is 6.33. The number of hydrogen-bond donors (Lipinski definition) is 2. The Morgan fingerprint density at radius 1 is 1.07 bits per heavy atom. The van der Waals surface area contributed by atoms with Crippen LogP contribution in [0.3, 0.4) is 0 Å². The van der Waals surface area contributed by atoms with Crippen LogP contribution in [0.4, 0.5) is 5.69 Å². The first-order valence-electron chi connectivity index (χ1n) is 9.27. The number of benzene rings is 2. The molecule has 2 heterocycles. The highest BCUT2D eigenvalue weighted by Crippen LogP contribution is 2.29. The van der Waals surface area contributed by atoms with E-state index >= 15 is 0 Å². The second-order valence-electron chi connectivity index (χ2n) is 6.83. The Labute approximate surface area is 178 Å². The van der Waals surface area contributed by atoms with E-state index in [0.29, 0.717) is 27.7 Å². The molecule has 154 valence electrons. The van der Waals surface area contributed by atoms with E-state index in [0.717, 1.165) is 16.7 Å². The predicted octanol–water partition coefficient (Wildman–Crippen LogP) is 4.08. The molecule has 4 rings (SSSR count). The Balaban J connectivity index is 1.80. The van der Waals surface area contributed by atoms with Crippen LogP contribution in [-0.4, -0.2) is 28.8 Å². The minimum atomic E-state index is -3.35. The number of fused-ring (bicyclic) bond motifs is 1. The molecule has 0 aliphatic heterocycles. The van der Waals surface area contributed by atoms with Crippen molar-refractivity contribution in [2.75, 3.05) is 10.5 Å². The first kappa shape index (κ1) is 20.2. The van der Waals surface area contributed by atoms with E-state index < -0.39 is 10.0 Å². The lowest BCUT2D eigenvalue weighted by Crippen LogP contribution is -2.15. The van der Waals surface area contributed by atoms with Crippen molar-refractivity contribution in [3.05, 3.63) is 75.7 Å². The number of aryl methyl sites for hydroxylation is 1. The average molecular weight is 443 g/mol. The van der Waals surface area contributed by atoms with Gasteiger partial charge in [0, 0.05) is 22.3 Å². The van der Waals surface area contributed by atoms with Crippen molar-refractivity contribution in [2.24, 2.45) is 0 Å². The number of aromatic amines is 1. The molecule has 9 heteroatoms. The number of aromatic nitrogens is 3. The van der Waals surface area contributed by atoms with Crippen molar-refractivity contribution in [3.8, 4) is 22.4 Å². The van der Waals surface area contributed by atoms with Gasteiger partial charge in [0.05, 0.1) is 17.1 Å². The fraction of sp³-hybridized carbons (Fsp3) is 0.143. The molecule has 30 heavy (non-hydrogen) atoms. The van der Waals surface area contributed by atoms with Crippen molar-refractivity contribution in [1.29, 1.82) is 0 Å². The summed E-state index contributed by atoms with van der Waals surface area (Å²) in [5.41, 5.74) is 4.55. The number of hydrogen-bond acceptors (Lipinski definition) is 4. The van der Waals surface area contributed by atoms with Crippen molar-refractivity contribution in [3.63, 3.8) is 0 Å². The van der Waals surface area contributed by atoms with Crippen LogP contribution >= 0.6 is 11.6 Å². The molecule has 4 aromatic rings. The summed E-state index contributed by atoms with van der Waals surface area (Å²) >= 11 is 6.00. The van der Waals surface area contributed by atoms with Gasteiger partial charge in [0.1, 0.15) is 5.65 Å². The van der Waals surface area contributed by atoms with E-state index in [-0.39, 0.29) is 11.3 Å². The fourth-order valence-corrected chi connectivity index (χ4v) is 4.00. The van der Waals surface area contributed by atoms with Gasteiger partial charge in [-0.25, -0.2) is 8.42 Å². The maximum Gasteiger partial charge on any atom is 0.274 e. The molecular formula is C21H19ClN4O3S. The predicted molar refractivity (Wildman–Crippen MR) is 120 cm³/mol. The van der Waals surface area contributed by atoms with E-state index in [1.54, 1.807) is 43.3 Å². The van der Waals surface area contributed by atoms with Gasteiger partial charge in [0.15, 0.2) is 0 Å². The van der Waals surface area contributed by atoms with Gasteiger partial charge >= 0.3 is 0 Å². The molecule has 2 aromatic heterocycles. The molecule has 0 unspecified atom stereocenters. The smallest absolute Gasteiger partial charge is 0.274 e. The molecule has 0 atom stereocenters. The monoisotopic (exact) mass is 442 g/mol. The minimum absolute atomic E-state index is 0.00717. The maximum absolute atomic E-state index is 12.7. The standard InChI is InChI=1S/C21H19ClN4O3S/c1-3-30(28,29)25-17-10-6-14(7-11-17)18-12-19(27)26-21(23-18)20(13(2)24-26)15-4-8-16(22)9-5-15/h4-12,23,25H,3H2,1-2H3. The van der Waals surface area contributed by atoms with Crippen LogP contribution in [0.2, 0.25) is 5.02 Å². The zero-order valence-electron chi connectivity index (χ0n) is 16.3. The molecule has 0 aliphatic carbocycles. The minimum Gasteiger partial charge on any atom is -0.339 e. The van der Waals surface area contributed by atoms with Crippen LogP contribution in [0, 0.1) is 6.92 Å². The molecule has 0 saturated heterocycles. The molecule has 0 fully saturated rings.